The lowest BCUT2D eigenvalue weighted by molar-refractivity contribution is -0.124. The van der Waals surface area contributed by atoms with Crippen molar-refractivity contribution in [3.05, 3.63) is 95.9 Å². The van der Waals surface area contributed by atoms with Crippen molar-refractivity contribution in [2.75, 3.05) is 43.4 Å². The predicted octanol–water partition coefficient (Wildman–Crippen LogP) is 4.62. The molecule has 2 aromatic rings. The Hall–Kier alpha value is -3.64. The molecule has 1 unspecified atom stereocenters. The Morgan fingerprint density at radius 1 is 1.03 bits per heavy atom. The second kappa shape index (κ2) is 10.5. The number of piperazine rings is 1. The highest BCUT2D eigenvalue weighted by Gasteiger charge is 2.33. The third-order valence-electron chi connectivity index (χ3n) is 7.39. The number of carbonyl (C=O) groups excluding carboxylic acids is 1. The van der Waals surface area contributed by atoms with Crippen molar-refractivity contribution in [3.63, 3.8) is 0 Å². The number of hydrogen-bond acceptors (Lipinski definition) is 5. The molecule has 6 heteroatoms. The molecule has 1 aliphatic carbocycles. The highest BCUT2D eigenvalue weighted by atomic mass is 16.2. The van der Waals surface area contributed by atoms with Gasteiger partial charge in [-0.2, -0.15) is 0 Å². The van der Waals surface area contributed by atoms with Crippen LogP contribution in [0.15, 0.2) is 89.7 Å². The summed E-state index contributed by atoms with van der Waals surface area (Å²) in [6.45, 7) is 10.4. The van der Waals surface area contributed by atoms with Crippen LogP contribution in [-0.4, -0.2) is 60.8 Å². The van der Waals surface area contributed by atoms with E-state index in [1.165, 1.54) is 16.8 Å². The van der Waals surface area contributed by atoms with E-state index in [0.717, 1.165) is 56.7 Å². The number of nitrogens with zero attached hydrogens (tertiary/aromatic N) is 4. The minimum absolute atomic E-state index is 0.0203. The van der Waals surface area contributed by atoms with Crippen LogP contribution >= 0.6 is 0 Å². The van der Waals surface area contributed by atoms with E-state index in [1.807, 2.05) is 24.0 Å². The molecule has 0 aromatic heterocycles. The summed E-state index contributed by atoms with van der Waals surface area (Å²) in [4.78, 5) is 24.6. The van der Waals surface area contributed by atoms with Crippen LogP contribution in [0.3, 0.4) is 0 Å². The number of benzene rings is 2. The summed E-state index contributed by atoms with van der Waals surface area (Å²) >= 11 is 0. The average Bonchev–Trinajstić information content (AvgIpc) is 2.90. The Bertz CT molecular complexity index is 1220. The van der Waals surface area contributed by atoms with Crippen LogP contribution in [0.5, 0.6) is 0 Å². The van der Waals surface area contributed by atoms with Gasteiger partial charge in [0.05, 0.1) is 0 Å². The first-order valence-corrected chi connectivity index (χ1v) is 12.8. The lowest BCUT2D eigenvalue weighted by atomic mass is 9.86. The number of fused-ring (bicyclic) bond motifs is 1. The molecular weight excluding hydrogens is 446 g/mol. The van der Waals surface area contributed by atoms with Gasteiger partial charge in [-0.25, -0.2) is 4.99 Å². The van der Waals surface area contributed by atoms with Gasteiger partial charge >= 0.3 is 0 Å². The first-order chi connectivity index (χ1) is 17.5. The summed E-state index contributed by atoms with van der Waals surface area (Å²) in [6.07, 6.45) is 8.23. The van der Waals surface area contributed by atoms with Crippen molar-refractivity contribution in [2.24, 2.45) is 4.99 Å². The molecule has 1 amide bonds. The van der Waals surface area contributed by atoms with Crippen LogP contribution in [0.25, 0.3) is 0 Å². The number of aryl methyl sites for hydroxylation is 1. The predicted molar refractivity (Wildman–Crippen MR) is 148 cm³/mol. The number of nitrogens with one attached hydrogen (secondary N) is 1. The molecule has 0 radical (unpaired) electrons. The summed E-state index contributed by atoms with van der Waals surface area (Å²) < 4.78 is 0. The minimum atomic E-state index is -0.0203. The topological polar surface area (TPSA) is 51.2 Å². The smallest absolute Gasteiger partial charge is 0.252 e. The highest BCUT2D eigenvalue weighted by molar-refractivity contribution is 6.16. The summed E-state index contributed by atoms with van der Waals surface area (Å²) in [5.41, 5.74) is 5.79. The number of rotatable bonds is 5. The number of hydrogen-bond donors (Lipinski definition) is 1. The molecule has 1 fully saturated rings. The molecule has 3 aliphatic rings. The molecule has 0 spiro atoms. The summed E-state index contributed by atoms with van der Waals surface area (Å²) in [6, 6.07) is 17.0. The van der Waals surface area contributed by atoms with Crippen LogP contribution in [0.4, 0.5) is 11.4 Å². The fraction of sp³-hybridized carbons (Fsp3) is 0.333. The van der Waals surface area contributed by atoms with Gasteiger partial charge in [0, 0.05) is 55.2 Å². The molecule has 36 heavy (non-hydrogen) atoms. The van der Waals surface area contributed by atoms with E-state index in [2.05, 4.69) is 77.3 Å². The zero-order valence-corrected chi connectivity index (χ0v) is 21.3. The van der Waals surface area contributed by atoms with Gasteiger partial charge in [-0.3, -0.25) is 9.69 Å². The molecule has 5 rings (SSSR count). The van der Waals surface area contributed by atoms with Crippen LogP contribution in [-0.2, 0) is 17.6 Å². The molecule has 1 atom stereocenters. The maximum atomic E-state index is 13.1. The summed E-state index contributed by atoms with van der Waals surface area (Å²) in [7, 11) is 2.17. The number of anilines is 2. The Labute approximate surface area is 214 Å². The maximum absolute atomic E-state index is 13.1. The van der Waals surface area contributed by atoms with Crippen molar-refractivity contribution < 1.29 is 4.79 Å². The molecule has 0 saturated carbocycles. The Morgan fingerprint density at radius 2 is 1.75 bits per heavy atom. The van der Waals surface area contributed by atoms with Gasteiger partial charge < -0.3 is 15.1 Å². The summed E-state index contributed by atoms with van der Waals surface area (Å²) in [5.74, 6) is 1.16. The Morgan fingerprint density at radius 3 is 2.47 bits per heavy atom. The molecule has 2 aromatic carbocycles. The van der Waals surface area contributed by atoms with Crippen molar-refractivity contribution >= 4 is 23.1 Å². The second-order valence-electron chi connectivity index (χ2n) is 9.80. The third kappa shape index (κ3) is 5.14. The van der Waals surface area contributed by atoms with Crippen LogP contribution in [0.2, 0.25) is 0 Å². The highest BCUT2D eigenvalue weighted by Crippen LogP contribution is 2.28. The standard InChI is InChI=1S/C30H35N5O/c1-4-23-10-16-29(36)35(28-13-9-24-7-5-6-8-25(24)21-28)30(23)32-22(2)31-26-11-14-27(15-12-26)34-19-17-33(3)18-20-34/h4-8,10-12,14-16,28,31H,2,9,13,17-21H2,1,3H3/b23-4-,32-30+. The minimum Gasteiger partial charge on any atom is -0.369 e. The van der Waals surface area contributed by atoms with Gasteiger partial charge in [-0.05, 0) is 74.7 Å². The molecule has 0 bridgehead atoms. The molecule has 6 nitrogen and oxygen atoms in total. The maximum Gasteiger partial charge on any atom is 0.252 e. The normalized spacial score (nSPS) is 22.7. The quantitative estimate of drug-likeness (QED) is 0.677. The zero-order chi connectivity index (χ0) is 25.1. The van der Waals surface area contributed by atoms with E-state index >= 15 is 0 Å². The molecular formula is C30H35N5O. The molecule has 1 N–H and O–H groups in total. The molecule has 2 heterocycles. The van der Waals surface area contributed by atoms with Crippen LogP contribution < -0.4 is 10.2 Å². The van der Waals surface area contributed by atoms with Gasteiger partial charge in [0.25, 0.3) is 5.91 Å². The van der Waals surface area contributed by atoms with Crippen molar-refractivity contribution in [1.82, 2.24) is 9.80 Å². The lowest BCUT2D eigenvalue weighted by Gasteiger charge is -2.37. The van der Waals surface area contributed by atoms with E-state index in [4.69, 9.17) is 4.99 Å². The van der Waals surface area contributed by atoms with E-state index in [1.54, 1.807) is 6.08 Å². The molecule has 186 valence electrons. The van der Waals surface area contributed by atoms with Crippen LogP contribution in [0.1, 0.15) is 24.5 Å². The first kappa shape index (κ1) is 24.1. The SMILES string of the molecule is C=C(/N=C1\C(=C/C)C=CC(=O)N1C1CCc2ccccc2C1)Nc1ccc(N2CCN(C)CC2)cc1. The van der Waals surface area contributed by atoms with Crippen molar-refractivity contribution in [1.29, 1.82) is 0 Å². The fourth-order valence-corrected chi connectivity index (χ4v) is 5.30. The molecule has 1 saturated heterocycles. The third-order valence-corrected chi connectivity index (χ3v) is 7.39. The van der Waals surface area contributed by atoms with Gasteiger partial charge in [-0.1, -0.05) is 36.9 Å². The van der Waals surface area contributed by atoms with Gasteiger partial charge in [-0.15, -0.1) is 0 Å². The van der Waals surface area contributed by atoms with E-state index in [-0.39, 0.29) is 11.9 Å². The Balaban J connectivity index is 1.33. The lowest BCUT2D eigenvalue weighted by Crippen LogP contribution is -2.48. The fourth-order valence-electron chi connectivity index (χ4n) is 5.30. The van der Waals surface area contributed by atoms with Gasteiger partial charge in [0.1, 0.15) is 11.7 Å². The Kier molecular flexibility index (Phi) is 7.05. The number of carbonyl (C=O) groups is 1. The number of amidine groups is 1. The zero-order valence-electron chi connectivity index (χ0n) is 21.3. The largest absolute Gasteiger partial charge is 0.369 e. The number of aliphatic imine (C=N–C) groups is 1. The van der Waals surface area contributed by atoms with Gasteiger partial charge in [0.15, 0.2) is 0 Å². The van der Waals surface area contributed by atoms with E-state index < -0.39 is 0 Å². The van der Waals surface area contributed by atoms with Gasteiger partial charge in [0.2, 0.25) is 0 Å². The number of amides is 1. The number of allylic oxidation sites excluding steroid dienone is 1. The van der Waals surface area contributed by atoms with E-state index in [0.29, 0.717) is 11.7 Å². The first-order valence-electron chi connectivity index (χ1n) is 12.8. The summed E-state index contributed by atoms with van der Waals surface area (Å²) in [5, 5.41) is 3.33. The van der Waals surface area contributed by atoms with Crippen molar-refractivity contribution in [3.8, 4) is 0 Å². The van der Waals surface area contributed by atoms with Crippen molar-refractivity contribution in [2.45, 2.75) is 32.2 Å². The average molecular weight is 482 g/mol. The number of likely N-dealkylation sites (N-methyl/N-ethyl adjacent to an activating group) is 1. The van der Waals surface area contributed by atoms with Crippen LogP contribution in [0, 0.1) is 0 Å². The monoisotopic (exact) mass is 481 g/mol. The molecule has 2 aliphatic heterocycles. The second-order valence-corrected chi connectivity index (χ2v) is 9.80. The van der Waals surface area contributed by atoms with E-state index in [9.17, 15) is 4.79 Å².